The van der Waals surface area contributed by atoms with Gasteiger partial charge in [0.05, 0.1) is 0 Å². The second-order valence-corrected chi connectivity index (χ2v) is 6.56. The molecule has 0 saturated carbocycles. The number of primary amides is 1. The van der Waals surface area contributed by atoms with E-state index in [4.69, 9.17) is 5.73 Å². The smallest absolute Gasteiger partial charge is 0.222 e. The van der Waals surface area contributed by atoms with E-state index in [1.54, 1.807) is 23.3 Å². The SMILES string of the molecule is CC(CN(C)C(=O)CCC(N)=O)c1ccc(-c2ccsc2)cc1. The minimum Gasteiger partial charge on any atom is -0.370 e. The molecule has 1 heterocycles. The Bertz CT molecular complexity index is 650. The van der Waals surface area contributed by atoms with E-state index in [-0.39, 0.29) is 24.7 Å². The Balaban J connectivity index is 1.93. The number of carbonyl (C=O) groups is 2. The fraction of sp³-hybridized carbons (Fsp3) is 0.333. The maximum atomic E-state index is 11.9. The van der Waals surface area contributed by atoms with E-state index in [0.29, 0.717) is 6.54 Å². The van der Waals surface area contributed by atoms with Crippen LogP contribution < -0.4 is 5.73 Å². The molecule has 0 aliphatic carbocycles. The van der Waals surface area contributed by atoms with Crippen molar-refractivity contribution in [2.45, 2.75) is 25.7 Å². The van der Waals surface area contributed by atoms with Gasteiger partial charge in [-0.25, -0.2) is 0 Å². The van der Waals surface area contributed by atoms with E-state index < -0.39 is 5.91 Å². The van der Waals surface area contributed by atoms with Crippen LogP contribution in [-0.2, 0) is 9.59 Å². The van der Waals surface area contributed by atoms with Crippen LogP contribution in [0.25, 0.3) is 11.1 Å². The second-order valence-electron chi connectivity index (χ2n) is 5.78. The summed E-state index contributed by atoms with van der Waals surface area (Å²) in [6, 6.07) is 10.6. The van der Waals surface area contributed by atoms with Crippen molar-refractivity contribution in [1.82, 2.24) is 4.90 Å². The Morgan fingerprint density at radius 1 is 1.13 bits per heavy atom. The lowest BCUT2D eigenvalue weighted by atomic mass is 9.98. The number of carbonyl (C=O) groups excluding carboxylic acids is 2. The molecule has 0 saturated heterocycles. The molecular formula is C18H22N2O2S. The minimum absolute atomic E-state index is 0.0504. The maximum Gasteiger partial charge on any atom is 0.222 e. The molecule has 1 aromatic heterocycles. The Morgan fingerprint density at radius 2 is 1.83 bits per heavy atom. The predicted octanol–water partition coefficient (Wildman–Crippen LogP) is 3.24. The largest absolute Gasteiger partial charge is 0.370 e. The molecule has 2 aromatic rings. The van der Waals surface area contributed by atoms with Gasteiger partial charge < -0.3 is 10.6 Å². The molecule has 0 spiro atoms. The number of hydrogen-bond acceptors (Lipinski definition) is 3. The first-order valence-electron chi connectivity index (χ1n) is 7.62. The summed E-state index contributed by atoms with van der Waals surface area (Å²) in [6.07, 6.45) is 0.280. The van der Waals surface area contributed by atoms with Crippen molar-refractivity contribution in [3.05, 3.63) is 46.7 Å². The summed E-state index contributed by atoms with van der Waals surface area (Å²) in [6.45, 7) is 2.72. The van der Waals surface area contributed by atoms with Crippen molar-refractivity contribution in [2.24, 2.45) is 5.73 Å². The molecule has 5 heteroatoms. The Morgan fingerprint density at radius 3 is 2.39 bits per heavy atom. The van der Waals surface area contributed by atoms with Gasteiger partial charge in [0, 0.05) is 26.4 Å². The second kappa shape index (κ2) is 7.92. The van der Waals surface area contributed by atoms with E-state index in [0.717, 1.165) is 0 Å². The normalized spacial score (nSPS) is 11.9. The first-order chi connectivity index (χ1) is 11.0. The van der Waals surface area contributed by atoms with Crippen LogP contribution in [0.15, 0.2) is 41.1 Å². The number of amides is 2. The highest BCUT2D eigenvalue weighted by atomic mass is 32.1. The number of hydrogen-bond donors (Lipinski definition) is 1. The van der Waals surface area contributed by atoms with Crippen molar-refractivity contribution in [1.29, 1.82) is 0 Å². The highest BCUT2D eigenvalue weighted by Crippen LogP contribution is 2.25. The molecule has 0 aliphatic rings. The molecule has 23 heavy (non-hydrogen) atoms. The Kier molecular flexibility index (Phi) is 5.93. The monoisotopic (exact) mass is 330 g/mol. The number of thiophene rings is 1. The summed E-state index contributed by atoms with van der Waals surface area (Å²) in [5.74, 6) is -0.261. The molecule has 1 unspecified atom stereocenters. The molecule has 2 N–H and O–H groups in total. The number of rotatable bonds is 7. The van der Waals surface area contributed by atoms with Crippen LogP contribution in [0.5, 0.6) is 0 Å². The summed E-state index contributed by atoms with van der Waals surface area (Å²) in [7, 11) is 1.76. The minimum atomic E-state index is -0.441. The quantitative estimate of drug-likeness (QED) is 0.847. The molecule has 4 nitrogen and oxygen atoms in total. The summed E-state index contributed by atoms with van der Waals surface area (Å²) in [5.41, 5.74) is 8.70. The summed E-state index contributed by atoms with van der Waals surface area (Å²) >= 11 is 1.69. The van der Waals surface area contributed by atoms with Gasteiger partial charge >= 0.3 is 0 Å². The van der Waals surface area contributed by atoms with Crippen LogP contribution >= 0.6 is 11.3 Å². The Hall–Kier alpha value is -2.14. The van der Waals surface area contributed by atoms with Gasteiger partial charge in [-0.3, -0.25) is 9.59 Å². The van der Waals surface area contributed by atoms with Crippen molar-refractivity contribution >= 4 is 23.2 Å². The van der Waals surface area contributed by atoms with Gasteiger partial charge in [-0.1, -0.05) is 31.2 Å². The highest BCUT2D eigenvalue weighted by Gasteiger charge is 2.14. The summed E-state index contributed by atoms with van der Waals surface area (Å²) < 4.78 is 0. The van der Waals surface area contributed by atoms with Crippen LogP contribution in [0, 0.1) is 0 Å². The van der Waals surface area contributed by atoms with Gasteiger partial charge in [-0.05, 0) is 39.4 Å². The zero-order valence-electron chi connectivity index (χ0n) is 13.5. The van der Waals surface area contributed by atoms with Crippen LogP contribution in [0.3, 0.4) is 0 Å². The molecule has 0 aliphatic heterocycles. The summed E-state index contributed by atoms with van der Waals surface area (Å²) in [5, 5.41) is 4.20. The van der Waals surface area contributed by atoms with E-state index in [1.165, 1.54) is 16.7 Å². The van der Waals surface area contributed by atoms with Gasteiger partial charge in [-0.15, -0.1) is 0 Å². The molecule has 122 valence electrons. The van der Waals surface area contributed by atoms with E-state index in [1.807, 2.05) is 0 Å². The van der Waals surface area contributed by atoms with Gasteiger partial charge in [0.25, 0.3) is 0 Å². The molecule has 2 amide bonds. The van der Waals surface area contributed by atoms with Gasteiger partial charge in [0.15, 0.2) is 0 Å². The number of likely N-dealkylation sites (N-methyl/N-ethyl adjacent to an activating group) is 1. The Labute approximate surface area is 140 Å². The standard InChI is InChI=1S/C18H22N2O2S/c1-13(11-20(2)18(22)8-7-17(19)21)14-3-5-15(6-4-14)16-9-10-23-12-16/h3-6,9-10,12-13H,7-8,11H2,1-2H3,(H2,19,21). The molecule has 2 rings (SSSR count). The topological polar surface area (TPSA) is 63.4 Å². The van der Waals surface area contributed by atoms with Crippen molar-refractivity contribution in [2.75, 3.05) is 13.6 Å². The van der Waals surface area contributed by atoms with Gasteiger partial charge in [-0.2, -0.15) is 11.3 Å². The van der Waals surface area contributed by atoms with Crippen LogP contribution in [-0.4, -0.2) is 30.3 Å². The fourth-order valence-electron chi connectivity index (χ4n) is 2.47. The maximum absolute atomic E-state index is 11.9. The lowest BCUT2D eigenvalue weighted by molar-refractivity contribution is -0.132. The number of nitrogens with zero attached hydrogens (tertiary/aromatic N) is 1. The number of benzene rings is 1. The molecule has 1 atom stereocenters. The van der Waals surface area contributed by atoms with Crippen molar-refractivity contribution in [3.8, 4) is 11.1 Å². The van der Waals surface area contributed by atoms with E-state index in [9.17, 15) is 9.59 Å². The highest BCUT2D eigenvalue weighted by molar-refractivity contribution is 7.08. The molecule has 0 bridgehead atoms. The van der Waals surface area contributed by atoms with Crippen LogP contribution in [0.4, 0.5) is 0 Å². The first kappa shape index (κ1) is 17.2. The van der Waals surface area contributed by atoms with Crippen LogP contribution in [0.1, 0.15) is 31.2 Å². The third-order valence-corrected chi connectivity index (χ3v) is 4.58. The average molecular weight is 330 g/mol. The predicted molar refractivity (Wildman–Crippen MR) is 94.2 cm³/mol. The third kappa shape index (κ3) is 4.93. The zero-order valence-corrected chi connectivity index (χ0v) is 14.3. The van der Waals surface area contributed by atoms with Crippen molar-refractivity contribution < 1.29 is 9.59 Å². The van der Waals surface area contributed by atoms with Crippen LogP contribution in [0.2, 0.25) is 0 Å². The molecule has 1 aromatic carbocycles. The molecule has 0 fully saturated rings. The zero-order chi connectivity index (χ0) is 16.8. The number of nitrogens with two attached hydrogens (primary N) is 1. The fourth-order valence-corrected chi connectivity index (χ4v) is 3.14. The van der Waals surface area contributed by atoms with Crippen molar-refractivity contribution in [3.63, 3.8) is 0 Å². The molecule has 0 radical (unpaired) electrons. The average Bonchev–Trinajstić information content (AvgIpc) is 3.07. The lowest BCUT2D eigenvalue weighted by Gasteiger charge is -2.22. The molecular weight excluding hydrogens is 308 g/mol. The first-order valence-corrected chi connectivity index (χ1v) is 8.56. The summed E-state index contributed by atoms with van der Waals surface area (Å²) in [4.78, 5) is 24.4. The van der Waals surface area contributed by atoms with Gasteiger partial charge in [0.1, 0.15) is 0 Å². The van der Waals surface area contributed by atoms with E-state index in [2.05, 4.69) is 48.0 Å². The lowest BCUT2D eigenvalue weighted by Crippen LogP contribution is -2.31. The van der Waals surface area contributed by atoms with E-state index >= 15 is 0 Å². The van der Waals surface area contributed by atoms with Gasteiger partial charge in [0.2, 0.25) is 11.8 Å². The third-order valence-electron chi connectivity index (χ3n) is 3.89.